The van der Waals surface area contributed by atoms with Gasteiger partial charge in [0.15, 0.2) is 0 Å². The van der Waals surface area contributed by atoms with Gasteiger partial charge in [-0.25, -0.2) is 4.79 Å². The second-order valence-corrected chi connectivity index (χ2v) is 17.1. The van der Waals surface area contributed by atoms with E-state index in [1.165, 1.54) is 0 Å². The fourth-order valence-electron chi connectivity index (χ4n) is 2.66. The highest BCUT2D eigenvalue weighted by Gasteiger charge is 2.38. The number of rotatable bonds is 3. The second-order valence-electron chi connectivity index (χ2n) is 5.95. The Morgan fingerprint density at radius 2 is 1.31 bits per heavy atom. The van der Waals surface area contributed by atoms with E-state index in [2.05, 4.69) is 45.2 Å². The monoisotopic (exact) mass is 214 g/mol. The lowest BCUT2D eigenvalue weighted by Crippen LogP contribution is -2.44. The van der Waals surface area contributed by atoms with Gasteiger partial charge < -0.3 is 0 Å². The van der Waals surface area contributed by atoms with Crippen LogP contribution in [0.3, 0.4) is 0 Å². The fourth-order valence-corrected chi connectivity index (χ4v) is 15.8. The van der Waals surface area contributed by atoms with Crippen molar-refractivity contribution in [3.63, 3.8) is 0 Å². The molecule has 0 fully saturated rings. The molecule has 13 heavy (non-hydrogen) atoms. The van der Waals surface area contributed by atoms with Crippen molar-refractivity contribution in [1.82, 2.24) is 0 Å². The van der Waals surface area contributed by atoms with Gasteiger partial charge in [0.05, 0.1) is 0 Å². The quantitative estimate of drug-likeness (QED) is 0.520. The van der Waals surface area contributed by atoms with Crippen LogP contribution in [0.1, 0.15) is 6.92 Å². The molecule has 0 N–H and O–H groups in total. The molecular formula is C10H22OSi2. The molecule has 0 bridgehead atoms. The first-order valence-electron chi connectivity index (χ1n) is 4.82. The van der Waals surface area contributed by atoms with Crippen molar-refractivity contribution >= 4 is 22.1 Å². The zero-order valence-corrected chi connectivity index (χ0v) is 12.0. The molecule has 0 radical (unpaired) electrons. The van der Waals surface area contributed by atoms with Gasteiger partial charge in [-0.3, -0.25) is 0 Å². The van der Waals surface area contributed by atoms with E-state index < -0.39 is 16.1 Å². The van der Waals surface area contributed by atoms with Crippen molar-refractivity contribution in [2.45, 2.75) is 51.4 Å². The molecule has 0 aromatic carbocycles. The Morgan fingerprint density at radius 3 is 1.38 bits per heavy atom. The third-order valence-electron chi connectivity index (χ3n) is 2.33. The summed E-state index contributed by atoms with van der Waals surface area (Å²) in [5, 5.41) is 0.567. The molecule has 0 rings (SSSR count). The lowest BCUT2D eigenvalue weighted by Gasteiger charge is -2.37. The van der Waals surface area contributed by atoms with E-state index in [4.69, 9.17) is 0 Å². The highest BCUT2D eigenvalue weighted by molar-refractivity contribution is 6.97. The molecule has 0 unspecified atom stereocenters. The summed E-state index contributed by atoms with van der Waals surface area (Å²) >= 11 is 0. The fraction of sp³-hybridized carbons (Fsp3) is 0.800. The van der Waals surface area contributed by atoms with Crippen LogP contribution in [0.4, 0.5) is 0 Å². The summed E-state index contributed by atoms with van der Waals surface area (Å²) in [6.45, 7) is 16.0. The topological polar surface area (TPSA) is 17.1 Å². The molecule has 0 aromatic rings. The van der Waals surface area contributed by atoms with Gasteiger partial charge in [0.25, 0.3) is 0 Å². The molecule has 0 heterocycles. The van der Waals surface area contributed by atoms with Gasteiger partial charge in [0.2, 0.25) is 0 Å². The maximum absolute atomic E-state index is 10.7. The minimum atomic E-state index is -1.24. The standard InChI is InChI=1S/C10H22OSi2/c1-9(8-11)10(12(2,3)4)13(5,6)7/h10H,1-7H3. The number of allylic oxidation sites excluding steroid dienone is 1. The van der Waals surface area contributed by atoms with Crippen molar-refractivity contribution in [3.05, 3.63) is 5.57 Å². The molecule has 0 atom stereocenters. The van der Waals surface area contributed by atoms with Crippen LogP contribution in [-0.4, -0.2) is 22.1 Å². The Bertz CT molecular complexity index is 212. The predicted octanol–water partition coefficient (Wildman–Crippen LogP) is 3.35. The van der Waals surface area contributed by atoms with Crippen LogP contribution >= 0.6 is 0 Å². The molecule has 1 nitrogen and oxygen atoms in total. The third kappa shape index (κ3) is 3.63. The summed E-state index contributed by atoms with van der Waals surface area (Å²) in [7, 11) is -2.49. The van der Waals surface area contributed by atoms with Crippen molar-refractivity contribution in [2.75, 3.05) is 0 Å². The molecule has 0 amide bonds. The van der Waals surface area contributed by atoms with Gasteiger partial charge in [0, 0.05) is 21.7 Å². The SMILES string of the molecule is CC(=C=O)C([Si](C)(C)C)[Si](C)(C)C. The molecule has 0 saturated carbocycles. The zero-order chi connectivity index (χ0) is 10.9. The first-order chi connectivity index (χ1) is 5.60. The molecule has 3 heteroatoms. The Hall–Kier alpha value is -0.116. The van der Waals surface area contributed by atoms with Crippen LogP contribution in [0.25, 0.3) is 0 Å². The molecule has 0 aliphatic heterocycles. The summed E-state index contributed by atoms with van der Waals surface area (Å²) in [5.41, 5.74) is 0.957. The van der Waals surface area contributed by atoms with Crippen LogP contribution in [-0.2, 0) is 4.79 Å². The van der Waals surface area contributed by atoms with E-state index in [0.29, 0.717) is 5.16 Å². The minimum Gasteiger partial charge on any atom is -0.234 e. The van der Waals surface area contributed by atoms with Crippen LogP contribution in [0, 0.1) is 0 Å². The van der Waals surface area contributed by atoms with Gasteiger partial charge in [-0.2, -0.15) is 0 Å². The maximum Gasteiger partial charge on any atom is 0.122 e. The second kappa shape index (κ2) is 3.95. The van der Waals surface area contributed by atoms with Crippen molar-refractivity contribution < 1.29 is 4.79 Å². The van der Waals surface area contributed by atoms with E-state index in [9.17, 15) is 4.79 Å². The smallest absolute Gasteiger partial charge is 0.122 e. The average Bonchev–Trinajstić information content (AvgIpc) is 1.80. The number of hydrogen-bond donors (Lipinski definition) is 0. The largest absolute Gasteiger partial charge is 0.234 e. The molecule has 0 aliphatic rings. The van der Waals surface area contributed by atoms with Gasteiger partial charge in [-0.15, -0.1) is 0 Å². The molecule has 0 spiro atoms. The highest BCUT2D eigenvalue weighted by Crippen LogP contribution is 2.36. The molecule has 0 aliphatic carbocycles. The van der Waals surface area contributed by atoms with Crippen LogP contribution in [0.15, 0.2) is 5.57 Å². The van der Waals surface area contributed by atoms with Crippen molar-refractivity contribution in [1.29, 1.82) is 0 Å². The molecular weight excluding hydrogens is 192 g/mol. The van der Waals surface area contributed by atoms with Crippen molar-refractivity contribution in [3.8, 4) is 0 Å². The average molecular weight is 214 g/mol. The van der Waals surface area contributed by atoms with Crippen LogP contribution in [0.2, 0.25) is 44.4 Å². The van der Waals surface area contributed by atoms with Crippen LogP contribution < -0.4 is 0 Å². The Kier molecular flexibility index (Phi) is 3.91. The first kappa shape index (κ1) is 12.9. The molecule has 76 valence electrons. The van der Waals surface area contributed by atoms with E-state index in [0.717, 1.165) is 5.57 Å². The summed E-state index contributed by atoms with van der Waals surface area (Å²) in [6, 6.07) is 0. The van der Waals surface area contributed by atoms with Crippen molar-refractivity contribution in [2.24, 2.45) is 0 Å². The first-order valence-corrected chi connectivity index (χ1v) is 12.0. The van der Waals surface area contributed by atoms with Gasteiger partial charge >= 0.3 is 0 Å². The number of carbonyl (C=O) groups excluding carboxylic acids is 1. The number of hydrogen-bond acceptors (Lipinski definition) is 1. The maximum atomic E-state index is 10.7. The Balaban J connectivity index is 5.13. The predicted molar refractivity (Wildman–Crippen MR) is 65.3 cm³/mol. The van der Waals surface area contributed by atoms with Gasteiger partial charge in [-0.05, 0) is 12.1 Å². The van der Waals surface area contributed by atoms with Gasteiger partial charge in [-0.1, -0.05) is 39.3 Å². The summed E-state index contributed by atoms with van der Waals surface area (Å²) in [4.78, 5) is 10.7. The summed E-state index contributed by atoms with van der Waals surface area (Å²) in [5.74, 6) is 2.11. The zero-order valence-electron chi connectivity index (χ0n) is 9.99. The Labute approximate surface area is 84.3 Å². The minimum absolute atomic E-state index is 0.567. The lowest BCUT2D eigenvalue weighted by molar-refractivity contribution is 0.566. The van der Waals surface area contributed by atoms with E-state index in [1.807, 2.05) is 6.92 Å². The van der Waals surface area contributed by atoms with E-state index in [1.54, 1.807) is 0 Å². The highest BCUT2D eigenvalue weighted by atomic mass is 28.4. The normalized spacial score (nSPS) is 12.9. The Morgan fingerprint density at radius 1 is 1.00 bits per heavy atom. The molecule has 0 aromatic heterocycles. The summed E-state index contributed by atoms with van der Waals surface area (Å²) in [6.07, 6.45) is 0. The lowest BCUT2D eigenvalue weighted by atomic mass is 10.4. The van der Waals surface area contributed by atoms with Gasteiger partial charge in [0.1, 0.15) is 5.94 Å². The van der Waals surface area contributed by atoms with E-state index in [-0.39, 0.29) is 0 Å². The molecule has 0 saturated heterocycles. The van der Waals surface area contributed by atoms with E-state index >= 15 is 0 Å². The summed E-state index contributed by atoms with van der Waals surface area (Å²) < 4.78 is 0. The third-order valence-corrected chi connectivity index (χ3v) is 11.9. The van der Waals surface area contributed by atoms with Crippen LogP contribution in [0.5, 0.6) is 0 Å².